The molecule has 0 aliphatic carbocycles. The largest absolute Gasteiger partial charge is 0.497 e. The molecule has 1 atom stereocenters. The summed E-state index contributed by atoms with van der Waals surface area (Å²) in [6, 6.07) is 7.56. The number of nitrogens with zero attached hydrogens (tertiary/aromatic N) is 1. The third kappa shape index (κ3) is 4.19. The molecule has 0 unspecified atom stereocenters. The number of aliphatic carboxylic acids is 1. The van der Waals surface area contributed by atoms with Gasteiger partial charge in [0.1, 0.15) is 5.75 Å². The van der Waals surface area contributed by atoms with Crippen molar-refractivity contribution in [1.82, 2.24) is 4.90 Å². The van der Waals surface area contributed by atoms with E-state index in [0.717, 1.165) is 11.3 Å². The third-order valence-electron chi connectivity index (χ3n) is 3.48. The molecule has 114 valence electrons. The molecule has 2 rings (SSSR count). The van der Waals surface area contributed by atoms with Gasteiger partial charge in [0.15, 0.2) is 6.10 Å². The summed E-state index contributed by atoms with van der Waals surface area (Å²) in [7, 11) is 1.61. The second-order valence-corrected chi connectivity index (χ2v) is 4.89. The summed E-state index contributed by atoms with van der Waals surface area (Å²) in [5.41, 5.74) is 1.05. The fourth-order valence-corrected chi connectivity index (χ4v) is 2.23. The number of carbonyl (C=O) groups is 2. The number of ether oxygens (including phenoxy) is 2. The van der Waals surface area contributed by atoms with Crippen LogP contribution in [0.25, 0.3) is 0 Å². The molecule has 1 amide bonds. The van der Waals surface area contributed by atoms with Gasteiger partial charge in [-0.3, -0.25) is 4.79 Å². The number of carboxylic acid groups (broad SMARTS) is 1. The van der Waals surface area contributed by atoms with Gasteiger partial charge in [0.2, 0.25) is 5.91 Å². The van der Waals surface area contributed by atoms with Crippen molar-refractivity contribution in [3.63, 3.8) is 0 Å². The van der Waals surface area contributed by atoms with E-state index in [1.807, 2.05) is 24.3 Å². The van der Waals surface area contributed by atoms with Crippen LogP contribution in [-0.4, -0.2) is 54.8 Å². The molecule has 1 heterocycles. The molecule has 0 aromatic heterocycles. The first-order valence-corrected chi connectivity index (χ1v) is 6.85. The molecule has 1 aromatic carbocycles. The van der Waals surface area contributed by atoms with Crippen LogP contribution in [-0.2, 0) is 20.7 Å². The van der Waals surface area contributed by atoms with Crippen molar-refractivity contribution in [3.05, 3.63) is 29.8 Å². The minimum absolute atomic E-state index is 0.0413. The van der Waals surface area contributed by atoms with Crippen LogP contribution in [0.1, 0.15) is 12.0 Å². The average molecular weight is 293 g/mol. The Labute approximate surface area is 123 Å². The lowest BCUT2D eigenvalue weighted by molar-refractivity contribution is -0.159. The summed E-state index contributed by atoms with van der Waals surface area (Å²) in [5.74, 6) is -0.287. The zero-order valence-corrected chi connectivity index (χ0v) is 11.9. The molecule has 0 radical (unpaired) electrons. The summed E-state index contributed by atoms with van der Waals surface area (Å²) < 4.78 is 10.2. The Kier molecular flexibility index (Phi) is 5.16. The number of hydrogen-bond donors (Lipinski definition) is 1. The zero-order valence-electron chi connectivity index (χ0n) is 11.9. The molecular formula is C15H19NO5. The van der Waals surface area contributed by atoms with E-state index in [-0.39, 0.29) is 19.1 Å². The van der Waals surface area contributed by atoms with Gasteiger partial charge >= 0.3 is 5.97 Å². The highest BCUT2D eigenvalue weighted by Gasteiger charge is 2.28. The lowest BCUT2D eigenvalue weighted by Gasteiger charge is -2.31. The predicted molar refractivity (Wildman–Crippen MR) is 75.3 cm³/mol. The van der Waals surface area contributed by atoms with E-state index in [4.69, 9.17) is 14.6 Å². The maximum atomic E-state index is 12.1. The fourth-order valence-electron chi connectivity index (χ4n) is 2.23. The second kappa shape index (κ2) is 7.08. The molecule has 1 fully saturated rings. The normalized spacial score (nSPS) is 18.3. The molecule has 1 saturated heterocycles. The Morgan fingerprint density at radius 3 is 2.71 bits per heavy atom. The van der Waals surface area contributed by atoms with Gasteiger partial charge in [0, 0.05) is 13.0 Å². The van der Waals surface area contributed by atoms with Gasteiger partial charge in [0.25, 0.3) is 0 Å². The SMILES string of the molecule is COc1ccc(CCC(=O)N2CCO[C@@H](C(=O)O)C2)cc1. The van der Waals surface area contributed by atoms with E-state index in [1.165, 1.54) is 0 Å². The lowest BCUT2D eigenvalue weighted by atomic mass is 10.1. The van der Waals surface area contributed by atoms with Crippen molar-refractivity contribution in [2.45, 2.75) is 18.9 Å². The van der Waals surface area contributed by atoms with Crippen LogP contribution in [0, 0.1) is 0 Å². The van der Waals surface area contributed by atoms with E-state index in [2.05, 4.69) is 0 Å². The average Bonchev–Trinajstić information content (AvgIpc) is 2.53. The standard InChI is InChI=1S/C15H19NO5/c1-20-12-5-2-11(3-6-12)4-7-14(17)16-8-9-21-13(10-16)15(18)19/h2-3,5-6,13H,4,7-10H2,1H3,(H,18,19)/t13-/m1/s1. The van der Waals surface area contributed by atoms with Crippen LogP contribution in [0.4, 0.5) is 0 Å². The van der Waals surface area contributed by atoms with Crippen LogP contribution >= 0.6 is 0 Å². The molecular weight excluding hydrogens is 274 g/mol. The Bertz CT molecular complexity index is 499. The van der Waals surface area contributed by atoms with Crippen LogP contribution in [0.5, 0.6) is 5.75 Å². The van der Waals surface area contributed by atoms with E-state index in [1.54, 1.807) is 12.0 Å². The number of methoxy groups -OCH3 is 1. The Balaban J connectivity index is 1.84. The fraction of sp³-hybridized carbons (Fsp3) is 0.467. The number of carbonyl (C=O) groups excluding carboxylic acids is 1. The van der Waals surface area contributed by atoms with Crippen molar-refractivity contribution in [3.8, 4) is 5.75 Å². The quantitative estimate of drug-likeness (QED) is 0.874. The van der Waals surface area contributed by atoms with Gasteiger partial charge in [-0.05, 0) is 24.1 Å². The first-order valence-electron chi connectivity index (χ1n) is 6.85. The monoisotopic (exact) mass is 293 g/mol. The molecule has 1 aliphatic rings. The highest BCUT2D eigenvalue weighted by Crippen LogP contribution is 2.14. The molecule has 1 N–H and O–H groups in total. The predicted octanol–water partition coefficient (Wildman–Crippen LogP) is 0.940. The minimum atomic E-state index is -1.03. The Hall–Kier alpha value is -2.08. The smallest absolute Gasteiger partial charge is 0.334 e. The van der Waals surface area contributed by atoms with Crippen molar-refractivity contribution in [2.24, 2.45) is 0 Å². The topological polar surface area (TPSA) is 76.1 Å². The Morgan fingerprint density at radius 2 is 2.10 bits per heavy atom. The number of aryl methyl sites for hydroxylation is 1. The molecule has 6 nitrogen and oxygen atoms in total. The number of hydrogen-bond acceptors (Lipinski definition) is 4. The number of amides is 1. The lowest BCUT2D eigenvalue weighted by Crippen LogP contribution is -2.48. The molecule has 0 bridgehead atoms. The third-order valence-corrected chi connectivity index (χ3v) is 3.48. The number of rotatable bonds is 5. The molecule has 1 aromatic rings. The Morgan fingerprint density at radius 1 is 1.38 bits per heavy atom. The highest BCUT2D eigenvalue weighted by molar-refractivity contribution is 5.78. The van der Waals surface area contributed by atoms with Crippen molar-refractivity contribution < 1.29 is 24.2 Å². The zero-order chi connectivity index (χ0) is 15.2. The van der Waals surface area contributed by atoms with Crippen LogP contribution in [0.3, 0.4) is 0 Å². The molecule has 21 heavy (non-hydrogen) atoms. The number of carboxylic acids is 1. The van der Waals surface area contributed by atoms with Gasteiger partial charge in [-0.2, -0.15) is 0 Å². The first-order chi connectivity index (χ1) is 10.1. The minimum Gasteiger partial charge on any atom is -0.497 e. The maximum absolute atomic E-state index is 12.1. The van der Waals surface area contributed by atoms with Crippen LogP contribution in [0.2, 0.25) is 0 Å². The van der Waals surface area contributed by atoms with Crippen molar-refractivity contribution >= 4 is 11.9 Å². The highest BCUT2D eigenvalue weighted by atomic mass is 16.5. The van der Waals surface area contributed by atoms with Crippen LogP contribution < -0.4 is 4.74 Å². The summed E-state index contributed by atoms with van der Waals surface area (Å²) in [4.78, 5) is 24.6. The molecule has 0 saturated carbocycles. The van der Waals surface area contributed by atoms with Crippen molar-refractivity contribution in [2.75, 3.05) is 26.8 Å². The van der Waals surface area contributed by atoms with E-state index >= 15 is 0 Å². The van der Waals surface area contributed by atoms with Crippen LogP contribution in [0.15, 0.2) is 24.3 Å². The summed E-state index contributed by atoms with van der Waals surface area (Å²) >= 11 is 0. The summed E-state index contributed by atoms with van der Waals surface area (Å²) in [5, 5.41) is 8.92. The summed E-state index contributed by atoms with van der Waals surface area (Å²) in [6.45, 7) is 0.841. The van der Waals surface area contributed by atoms with E-state index < -0.39 is 12.1 Å². The van der Waals surface area contributed by atoms with Gasteiger partial charge < -0.3 is 19.5 Å². The van der Waals surface area contributed by atoms with Gasteiger partial charge in [-0.15, -0.1) is 0 Å². The summed E-state index contributed by atoms with van der Waals surface area (Å²) in [6.07, 6.45) is 0.0695. The van der Waals surface area contributed by atoms with Gasteiger partial charge in [-0.1, -0.05) is 12.1 Å². The second-order valence-electron chi connectivity index (χ2n) is 4.89. The molecule has 6 heteroatoms. The maximum Gasteiger partial charge on any atom is 0.334 e. The molecule has 1 aliphatic heterocycles. The van der Waals surface area contributed by atoms with E-state index in [0.29, 0.717) is 19.4 Å². The molecule has 0 spiro atoms. The number of benzene rings is 1. The van der Waals surface area contributed by atoms with Crippen molar-refractivity contribution in [1.29, 1.82) is 0 Å². The van der Waals surface area contributed by atoms with Gasteiger partial charge in [-0.25, -0.2) is 4.79 Å². The van der Waals surface area contributed by atoms with E-state index in [9.17, 15) is 9.59 Å². The first kappa shape index (κ1) is 15.3. The number of morpholine rings is 1. The van der Waals surface area contributed by atoms with Gasteiger partial charge in [0.05, 0.1) is 20.3 Å².